The van der Waals surface area contributed by atoms with E-state index >= 15 is 0 Å². The van der Waals surface area contributed by atoms with Gasteiger partial charge in [0.15, 0.2) is 4.96 Å². The van der Waals surface area contributed by atoms with Gasteiger partial charge in [0, 0.05) is 22.2 Å². The molecule has 3 rings (SSSR count). The molecule has 1 atom stereocenters. The minimum absolute atomic E-state index is 0.0241. The van der Waals surface area contributed by atoms with Gasteiger partial charge in [-0.1, -0.05) is 34.1 Å². The zero-order chi connectivity index (χ0) is 14.8. The second kappa shape index (κ2) is 5.99. The minimum atomic E-state index is -0.0446. The van der Waals surface area contributed by atoms with Gasteiger partial charge in [0.2, 0.25) is 5.91 Å². The average molecular weight is 364 g/mol. The molecule has 2 heterocycles. The number of rotatable bonds is 4. The van der Waals surface area contributed by atoms with Crippen molar-refractivity contribution >= 4 is 38.1 Å². The molecule has 21 heavy (non-hydrogen) atoms. The Morgan fingerprint density at radius 1 is 1.48 bits per heavy atom. The number of carbonyl (C=O) groups is 1. The number of thiazole rings is 1. The normalized spacial score (nSPS) is 12.5. The number of benzene rings is 1. The number of nitrogens with zero attached hydrogens (tertiary/aromatic N) is 2. The molecule has 0 aliphatic rings. The smallest absolute Gasteiger partial charge is 0.226 e. The third-order valence-electron chi connectivity index (χ3n) is 3.23. The van der Waals surface area contributed by atoms with Gasteiger partial charge in [-0.25, -0.2) is 4.98 Å². The van der Waals surface area contributed by atoms with Gasteiger partial charge < -0.3 is 5.32 Å². The molecule has 4 nitrogen and oxygen atoms in total. The molecule has 108 valence electrons. The van der Waals surface area contributed by atoms with E-state index in [0.717, 1.165) is 20.7 Å². The summed E-state index contributed by atoms with van der Waals surface area (Å²) in [5.74, 6) is -0.0241. The Morgan fingerprint density at radius 2 is 2.29 bits per heavy atom. The number of amides is 1. The number of hydrogen-bond donors (Lipinski definition) is 1. The number of nitrogens with one attached hydrogen (secondary N) is 1. The van der Waals surface area contributed by atoms with Gasteiger partial charge in [-0.05, 0) is 18.6 Å². The fraction of sp³-hybridized carbons (Fsp3) is 0.200. The molecule has 0 fully saturated rings. The molecule has 2 aromatic heterocycles. The first-order valence-electron chi connectivity index (χ1n) is 6.58. The Kier molecular flexibility index (Phi) is 4.07. The Hall–Kier alpha value is -1.66. The Morgan fingerprint density at radius 3 is 3.05 bits per heavy atom. The first kappa shape index (κ1) is 14.3. The molecule has 0 saturated carbocycles. The Bertz CT molecular complexity index is 751. The van der Waals surface area contributed by atoms with Crippen LogP contribution in [-0.4, -0.2) is 15.3 Å². The summed E-state index contributed by atoms with van der Waals surface area (Å²) in [6, 6.07) is 7.85. The van der Waals surface area contributed by atoms with E-state index in [1.54, 1.807) is 11.3 Å². The highest BCUT2D eigenvalue weighted by atomic mass is 79.9. The monoisotopic (exact) mass is 363 g/mol. The van der Waals surface area contributed by atoms with Crippen molar-refractivity contribution in [3.63, 3.8) is 0 Å². The zero-order valence-corrected chi connectivity index (χ0v) is 13.8. The zero-order valence-electron chi connectivity index (χ0n) is 11.4. The molecular weight excluding hydrogens is 350 g/mol. The highest BCUT2D eigenvalue weighted by molar-refractivity contribution is 9.10. The van der Waals surface area contributed by atoms with Crippen LogP contribution in [-0.2, 0) is 11.2 Å². The molecule has 0 spiro atoms. The summed E-state index contributed by atoms with van der Waals surface area (Å²) in [7, 11) is 0. The summed E-state index contributed by atoms with van der Waals surface area (Å²) in [6.07, 6.45) is 4.13. The van der Waals surface area contributed by atoms with Crippen LogP contribution in [0.2, 0.25) is 0 Å². The molecule has 0 aliphatic carbocycles. The Balaban J connectivity index is 1.66. The standard InChI is InChI=1S/C15H14BrN3OS/c1-10(12-4-2-3-5-13(12)16)17-14(20)8-11-9-19-6-7-21-15(19)18-11/h2-7,9-10H,8H2,1H3,(H,17,20)/t10-/m1/s1. The van der Waals surface area contributed by atoms with E-state index in [2.05, 4.69) is 26.2 Å². The van der Waals surface area contributed by atoms with E-state index in [-0.39, 0.29) is 11.9 Å². The van der Waals surface area contributed by atoms with E-state index in [4.69, 9.17) is 0 Å². The number of carbonyl (C=O) groups excluding carboxylic acids is 1. The number of fused-ring (bicyclic) bond motifs is 1. The number of imidazole rings is 1. The van der Waals surface area contributed by atoms with E-state index in [9.17, 15) is 4.79 Å². The quantitative estimate of drug-likeness (QED) is 0.769. The largest absolute Gasteiger partial charge is 0.349 e. The molecule has 0 unspecified atom stereocenters. The van der Waals surface area contributed by atoms with Crippen molar-refractivity contribution in [3.05, 3.63) is 57.8 Å². The van der Waals surface area contributed by atoms with Gasteiger partial charge >= 0.3 is 0 Å². The van der Waals surface area contributed by atoms with E-state index in [1.165, 1.54) is 0 Å². The lowest BCUT2D eigenvalue weighted by atomic mass is 10.1. The number of hydrogen-bond acceptors (Lipinski definition) is 3. The first-order chi connectivity index (χ1) is 10.1. The van der Waals surface area contributed by atoms with Crippen molar-refractivity contribution < 1.29 is 4.79 Å². The molecule has 3 aromatic rings. The van der Waals surface area contributed by atoms with Crippen LogP contribution in [0.15, 0.2) is 46.5 Å². The van der Waals surface area contributed by atoms with E-state index in [1.807, 2.05) is 53.4 Å². The lowest BCUT2D eigenvalue weighted by Gasteiger charge is -2.15. The summed E-state index contributed by atoms with van der Waals surface area (Å²) in [5, 5.41) is 4.98. The van der Waals surface area contributed by atoms with Gasteiger partial charge in [0.1, 0.15) is 0 Å². The maximum absolute atomic E-state index is 12.1. The predicted octanol–water partition coefficient (Wildman–Crippen LogP) is 3.58. The van der Waals surface area contributed by atoms with E-state index in [0.29, 0.717) is 6.42 Å². The van der Waals surface area contributed by atoms with Crippen LogP contribution >= 0.6 is 27.3 Å². The SMILES string of the molecule is C[C@@H](NC(=O)Cc1cn2ccsc2n1)c1ccccc1Br. The van der Waals surface area contributed by atoms with Crippen LogP contribution in [0.5, 0.6) is 0 Å². The number of aromatic nitrogens is 2. The third kappa shape index (κ3) is 3.16. The topological polar surface area (TPSA) is 46.4 Å². The van der Waals surface area contributed by atoms with Crippen molar-refractivity contribution in [3.8, 4) is 0 Å². The van der Waals surface area contributed by atoms with Crippen LogP contribution in [0.4, 0.5) is 0 Å². The summed E-state index contributed by atoms with van der Waals surface area (Å²) in [5.41, 5.74) is 1.86. The lowest BCUT2D eigenvalue weighted by molar-refractivity contribution is -0.121. The number of halogens is 1. The van der Waals surface area contributed by atoms with Crippen LogP contribution < -0.4 is 5.32 Å². The van der Waals surface area contributed by atoms with Crippen LogP contribution in [0.3, 0.4) is 0 Å². The van der Waals surface area contributed by atoms with Crippen LogP contribution in [0.1, 0.15) is 24.2 Å². The fourth-order valence-electron chi connectivity index (χ4n) is 2.22. The second-order valence-electron chi connectivity index (χ2n) is 4.81. The fourth-order valence-corrected chi connectivity index (χ4v) is 3.57. The van der Waals surface area contributed by atoms with Gasteiger partial charge in [-0.3, -0.25) is 9.20 Å². The van der Waals surface area contributed by atoms with Crippen molar-refractivity contribution in [2.75, 3.05) is 0 Å². The second-order valence-corrected chi connectivity index (χ2v) is 6.54. The van der Waals surface area contributed by atoms with E-state index < -0.39 is 0 Å². The Labute approximate surface area is 135 Å². The maximum atomic E-state index is 12.1. The van der Waals surface area contributed by atoms with Crippen molar-refractivity contribution in [2.24, 2.45) is 0 Å². The minimum Gasteiger partial charge on any atom is -0.349 e. The maximum Gasteiger partial charge on any atom is 0.226 e. The average Bonchev–Trinajstić information content (AvgIpc) is 2.99. The van der Waals surface area contributed by atoms with Crippen molar-refractivity contribution in [1.82, 2.24) is 14.7 Å². The highest BCUT2D eigenvalue weighted by Gasteiger charge is 2.13. The van der Waals surface area contributed by atoms with Gasteiger partial charge in [0.05, 0.1) is 18.2 Å². The lowest BCUT2D eigenvalue weighted by Crippen LogP contribution is -2.28. The van der Waals surface area contributed by atoms with Crippen molar-refractivity contribution in [1.29, 1.82) is 0 Å². The molecule has 0 aliphatic heterocycles. The molecular formula is C15H14BrN3OS. The van der Waals surface area contributed by atoms with Gasteiger partial charge in [-0.15, -0.1) is 11.3 Å². The summed E-state index contributed by atoms with van der Waals surface area (Å²) in [4.78, 5) is 17.5. The van der Waals surface area contributed by atoms with Crippen molar-refractivity contribution in [2.45, 2.75) is 19.4 Å². The third-order valence-corrected chi connectivity index (χ3v) is 4.73. The summed E-state index contributed by atoms with van der Waals surface area (Å²) < 4.78 is 2.94. The molecule has 1 aromatic carbocycles. The summed E-state index contributed by atoms with van der Waals surface area (Å²) in [6.45, 7) is 1.98. The molecule has 0 radical (unpaired) electrons. The predicted molar refractivity (Wildman–Crippen MR) is 87.5 cm³/mol. The van der Waals surface area contributed by atoms with Gasteiger partial charge in [-0.2, -0.15) is 0 Å². The first-order valence-corrected chi connectivity index (χ1v) is 8.25. The molecule has 0 bridgehead atoms. The van der Waals surface area contributed by atoms with Crippen LogP contribution in [0.25, 0.3) is 4.96 Å². The van der Waals surface area contributed by atoms with Crippen LogP contribution in [0, 0.1) is 0 Å². The molecule has 1 amide bonds. The molecule has 1 N–H and O–H groups in total. The highest BCUT2D eigenvalue weighted by Crippen LogP contribution is 2.22. The van der Waals surface area contributed by atoms with Gasteiger partial charge in [0.25, 0.3) is 0 Å². The molecule has 6 heteroatoms. The summed E-state index contributed by atoms with van der Waals surface area (Å²) >= 11 is 5.07. The molecule has 0 saturated heterocycles.